The molecule has 27 heavy (non-hydrogen) atoms. The number of benzene rings is 1. The van der Waals surface area contributed by atoms with Crippen molar-refractivity contribution < 1.29 is 9.18 Å². The minimum atomic E-state index is -0.888. The fraction of sp³-hybridized carbons (Fsp3) is 0.200. The van der Waals surface area contributed by atoms with Gasteiger partial charge in [0.2, 0.25) is 11.8 Å². The summed E-state index contributed by atoms with van der Waals surface area (Å²) >= 11 is 0. The first kappa shape index (κ1) is 17.1. The van der Waals surface area contributed by atoms with Gasteiger partial charge in [-0.2, -0.15) is 4.39 Å². The van der Waals surface area contributed by atoms with E-state index in [4.69, 9.17) is 0 Å². The number of anilines is 1. The number of carbonyl (C=O) groups excluding carboxylic acids is 1. The molecule has 3 aromatic rings. The van der Waals surface area contributed by atoms with Gasteiger partial charge in [0.05, 0.1) is 6.54 Å². The van der Waals surface area contributed by atoms with E-state index in [0.29, 0.717) is 36.6 Å². The lowest BCUT2D eigenvalue weighted by Gasteiger charge is -2.30. The summed E-state index contributed by atoms with van der Waals surface area (Å²) in [5, 5.41) is 0. The van der Waals surface area contributed by atoms with Gasteiger partial charge in [-0.15, -0.1) is 0 Å². The Morgan fingerprint density at radius 3 is 2.56 bits per heavy atom. The molecular weight excluding hydrogens is 347 g/mol. The molecule has 0 N–H and O–H groups in total. The Morgan fingerprint density at radius 1 is 1.07 bits per heavy atom. The molecule has 136 valence electrons. The minimum Gasteiger partial charge on any atom is -0.334 e. The quantitative estimate of drug-likeness (QED) is 0.666. The average Bonchev–Trinajstić information content (AvgIpc) is 2.72. The van der Waals surface area contributed by atoms with Crippen LogP contribution in [0.3, 0.4) is 0 Å². The molecule has 0 unspecified atom stereocenters. The second-order valence-corrected chi connectivity index (χ2v) is 6.33. The monoisotopic (exact) mass is 364 g/mol. The lowest BCUT2D eigenvalue weighted by molar-refractivity contribution is 0.0997. The van der Waals surface area contributed by atoms with Crippen LogP contribution >= 0.6 is 0 Å². The maximum absolute atomic E-state index is 14.6. The Morgan fingerprint density at radius 2 is 1.81 bits per heavy atom. The second kappa shape index (κ2) is 7.11. The summed E-state index contributed by atoms with van der Waals surface area (Å²) in [5.74, 6) is -0.641. The van der Waals surface area contributed by atoms with Gasteiger partial charge < -0.3 is 4.90 Å². The Hall–Kier alpha value is -3.35. The van der Waals surface area contributed by atoms with Gasteiger partial charge >= 0.3 is 0 Å². The third-order valence-electron chi connectivity index (χ3n) is 4.57. The van der Waals surface area contributed by atoms with Crippen molar-refractivity contribution in [3.8, 4) is 11.3 Å². The van der Waals surface area contributed by atoms with Gasteiger partial charge in [-0.1, -0.05) is 30.3 Å². The average molecular weight is 364 g/mol. The summed E-state index contributed by atoms with van der Waals surface area (Å²) in [6.45, 7) is 1.04. The number of aromatic nitrogens is 3. The van der Waals surface area contributed by atoms with E-state index in [9.17, 15) is 14.0 Å². The number of hydrogen-bond donors (Lipinski definition) is 0. The number of rotatable bonds is 4. The molecule has 0 spiro atoms. The molecule has 6 nitrogen and oxygen atoms in total. The first-order chi connectivity index (χ1) is 13.1. The van der Waals surface area contributed by atoms with E-state index in [-0.39, 0.29) is 18.0 Å². The molecule has 0 bridgehead atoms. The summed E-state index contributed by atoms with van der Waals surface area (Å²) in [5.41, 5.74) is 0.327. The number of halogens is 1. The molecule has 0 aliphatic carbocycles. The van der Waals surface area contributed by atoms with Crippen molar-refractivity contribution in [2.24, 2.45) is 0 Å². The van der Waals surface area contributed by atoms with Crippen molar-refractivity contribution in [1.82, 2.24) is 14.5 Å². The smallest absolute Gasteiger partial charge is 0.291 e. The van der Waals surface area contributed by atoms with Crippen LogP contribution in [0.5, 0.6) is 0 Å². The number of carbonyl (C=O) groups is 1. The van der Waals surface area contributed by atoms with Crippen LogP contribution in [0.2, 0.25) is 0 Å². The molecule has 1 aliphatic rings. The van der Waals surface area contributed by atoms with Gasteiger partial charge in [0, 0.05) is 36.6 Å². The van der Waals surface area contributed by atoms with E-state index >= 15 is 0 Å². The predicted molar refractivity (Wildman–Crippen MR) is 99.3 cm³/mol. The van der Waals surface area contributed by atoms with Gasteiger partial charge in [0.25, 0.3) is 5.56 Å². The molecule has 0 radical (unpaired) electrons. The van der Waals surface area contributed by atoms with Crippen LogP contribution in [0.25, 0.3) is 11.3 Å². The third-order valence-corrected chi connectivity index (χ3v) is 4.57. The third kappa shape index (κ3) is 3.23. The zero-order valence-corrected chi connectivity index (χ0v) is 14.5. The molecule has 1 aliphatic heterocycles. The predicted octanol–water partition coefficient (Wildman–Crippen LogP) is 2.54. The first-order valence-electron chi connectivity index (χ1n) is 8.69. The molecule has 4 rings (SSSR count). The molecule has 3 heterocycles. The summed E-state index contributed by atoms with van der Waals surface area (Å²) in [6, 6.07) is 12.2. The Kier molecular flexibility index (Phi) is 4.50. The molecule has 0 saturated carbocycles. The Balaban J connectivity index is 1.74. The van der Waals surface area contributed by atoms with Gasteiger partial charge in [0.1, 0.15) is 5.69 Å². The fourth-order valence-corrected chi connectivity index (χ4v) is 3.22. The highest BCUT2D eigenvalue weighted by Crippen LogP contribution is 2.24. The van der Waals surface area contributed by atoms with Crippen LogP contribution in [0.1, 0.15) is 16.8 Å². The normalized spacial score (nSPS) is 13.3. The van der Waals surface area contributed by atoms with E-state index in [1.807, 2.05) is 6.07 Å². The van der Waals surface area contributed by atoms with E-state index in [2.05, 4.69) is 9.97 Å². The van der Waals surface area contributed by atoms with Gasteiger partial charge in [-0.25, -0.2) is 4.98 Å². The van der Waals surface area contributed by atoms with Gasteiger partial charge in [-0.3, -0.25) is 19.1 Å². The summed E-state index contributed by atoms with van der Waals surface area (Å²) < 4.78 is 15.9. The number of nitrogens with zero attached hydrogens (tertiary/aromatic N) is 4. The van der Waals surface area contributed by atoms with Crippen LogP contribution in [0.4, 0.5) is 10.3 Å². The van der Waals surface area contributed by atoms with Crippen LogP contribution in [0, 0.1) is 5.82 Å². The van der Waals surface area contributed by atoms with Crippen LogP contribution in [0.15, 0.2) is 59.7 Å². The fourth-order valence-electron chi connectivity index (χ4n) is 3.22. The van der Waals surface area contributed by atoms with E-state index in [1.165, 1.54) is 17.0 Å². The summed E-state index contributed by atoms with van der Waals surface area (Å²) in [7, 11) is 0. The highest BCUT2D eigenvalue weighted by Gasteiger charge is 2.26. The largest absolute Gasteiger partial charge is 0.334 e. The lowest BCUT2D eigenvalue weighted by atomic mass is 10.1. The van der Waals surface area contributed by atoms with Crippen molar-refractivity contribution in [3.05, 3.63) is 76.6 Å². The molecule has 0 fully saturated rings. The van der Waals surface area contributed by atoms with Crippen LogP contribution in [-0.4, -0.2) is 33.4 Å². The second-order valence-electron chi connectivity index (χ2n) is 6.33. The first-order valence-corrected chi connectivity index (χ1v) is 8.69. The molecular formula is C20H17FN4O2. The van der Waals surface area contributed by atoms with Crippen molar-refractivity contribution in [1.29, 1.82) is 0 Å². The SMILES string of the molecule is O=C(CN1CCCn2c1nc(-c1ccncc1)c(F)c2=O)c1ccccc1. The Labute approximate surface area is 154 Å². The topological polar surface area (TPSA) is 68.1 Å². The van der Waals surface area contributed by atoms with Crippen molar-refractivity contribution in [2.45, 2.75) is 13.0 Å². The standard InChI is InChI=1S/C20H17FN4O2/c21-17-18(15-7-9-22-10-8-15)23-20-24(11-4-12-25(20)19(17)27)13-16(26)14-5-2-1-3-6-14/h1-3,5-10H,4,11-13H2. The molecule has 1 aromatic carbocycles. The molecule has 7 heteroatoms. The number of fused-ring (bicyclic) bond motifs is 1. The number of Topliss-reactive ketones (excluding diaryl/α,β-unsaturated/α-hetero) is 1. The highest BCUT2D eigenvalue weighted by atomic mass is 19.1. The van der Waals surface area contributed by atoms with Crippen LogP contribution < -0.4 is 10.5 Å². The molecule has 0 amide bonds. The number of pyridine rings is 1. The molecule has 2 aromatic heterocycles. The number of hydrogen-bond acceptors (Lipinski definition) is 5. The Bertz CT molecular complexity index is 1040. The zero-order valence-electron chi connectivity index (χ0n) is 14.5. The van der Waals surface area contributed by atoms with E-state index in [1.54, 1.807) is 41.3 Å². The molecule has 0 atom stereocenters. The maximum Gasteiger partial charge on any atom is 0.291 e. The van der Waals surface area contributed by atoms with Crippen LogP contribution in [-0.2, 0) is 6.54 Å². The van der Waals surface area contributed by atoms with Crippen molar-refractivity contribution >= 4 is 11.7 Å². The lowest BCUT2D eigenvalue weighted by Crippen LogP contribution is -2.42. The summed E-state index contributed by atoms with van der Waals surface area (Å²) in [6.07, 6.45) is 3.68. The zero-order chi connectivity index (χ0) is 18.8. The maximum atomic E-state index is 14.6. The van der Waals surface area contributed by atoms with E-state index in [0.717, 1.165) is 0 Å². The minimum absolute atomic E-state index is 0.0206. The highest BCUT2D eigenvalue weighted by molar-refractivity contribution is 5.99. The van der Waals surface area contributed by atoms with Gasteiger partial charge in [-0.05, 0) is 18.6 Å². The number of ketones is 1. The van der Waals surface area contributed by atoms with E-state index < -0.39 is 11.4 Å². The van der Waals surface area contributed by atoms with Gasteiger partial charge in [0.15, 0.2) is 5.78 Å². The molecule has 0 saturated heterocycles. The van der Waals surface area contributed by atoms with Crippen molar-refractivity contribution in [3.63, 3.8) is 0 Å². The van der Waals surface area contributed by atoms with Crippen molar-refractivity contribution in [2.75, 3.05) is 18.0 Å². The summed E-state index contributed by atoms with van der Waals surface area (Å²) in [4.78, 5) is 35.2.